The Morgan fingerprint density at radius 1 is 1.19 bits per heavy atom. The molecule has 0 saturated carbocycles. The van der Waals surface area contributed by atoms with E-state index in [9.17, 15) is 23.2 Å². The first-order chi connectivity index (χ1) is 15.2. The van der Waals surface area contributed by atoms with Gasteiger partial charge in [0, 0.05) is 35.7 Å². The number of carbonyl (C=O) groups excluding carboxylic acids is 3. The number of hydrogen-bond acceptors (Lipinski definition) is 4. The molecule has 2 aromatic rings. The number of carbonyl (C=O) groups is 3. The lowest BCUT2D eigenvalue weighted by molar-refractivity contribution is -0.136. The summed E-state index contributed by atoms with van der Waals surface area (Å²) < 4.78 is 29.3. The number of piperidine rings is 1. The number of amides is 3. The molecule has 0 radical (unpaired) electrons. The van der Waals surface area contributed by atoms with Crippen LogP contribution in [0.1, 0.15) is 39.9 Å². The molecule has 9 heteroatoms. The van der Waals surface area contributed by atoms with Crippen molar-refractivity contribution >= 4 is 29.3 Å². The van der Waals surface area contributed by atoms with Crippen LogP contribution in [-0.4, -0.2) is 28.7 Å². The molecule has 1 fully saturated rings. The Morgan fingerprint density at radius 2 is 1.91 bits per heavy atom. The summed E-state index contributed by atoms with van der Waals surface area (Å²) in [6.45, 7) is 3.79. The van der Waals surface area contributed by atoms with E-state index in [2.05, 4.69) is 17.2 Å². The normalized spacial score (nSPS) is 18.4. The summed E-state index contributed by atoms with van der Waals surface area (Å²) in [6.07, 6.45) is 0.452. The first-order valence-corrected chi connectivity index (χ1v) is 10.4. The largest absolute Gasteiger partial charge is 0.380 e. The molecule has 32 heavy (non-hydrogen) atoms. The molecular weight excluding hydrogens is 440 g/mol. The maximum atomic E-state index is 14.7. The van der Waals surface area contributed by atoms with Gasteiger partial charge in [0.05, 0.1) is 5.70 Å². The number of nitrogens with one attached hydrogen (secondary N) is 2. The highest BCUT2D eigenvalue weighted by atomic mass is 35.5. The van der Waals surface area contributed by atoms with Crippen molar-refractivity contribution in [2.45, 2.75) is 37.9 Å². The Morgan fingerprint density at radius 3 is 2.59 bits per heavy atom. The minimum atomic E-state index is -3.29. The van der Waals surface area contributed by atoms with Crippen molar-refractivity contribution in [2.75, 3.05) is 0 Å². The van der Waals surface area contributed by atoms with Gasteiger partial charge >= 0.3 is 5.92 Å². The van der Waals surface area contributed by atoms with Gasteiger partial charge in [-0.1, -0.05) is 42.4 Å². The van der Waals surface area contributed by atoms with Crippen molar-refractivity contribution in [1.82, 2.24) is 15.5 Å². The van der Waals surface area contributed by atoms with E-state index in [0.29, 0.717) is 21.7 Å². The van der Waals surface area contributed by atoms with Gasteiger partial charge in [-0.05, 0) is 35.7 Å². The fourth-order valence-corrected chi connectivity index (χ4v) is 4.02. The Kier molecular flexibility index (Phi) is 5.73. The Hall–Kier alpha value is -3.26. The van der Waals surface area contributed by atoms with Crippen molar-refractivity contribution in [3.05, 3.63) is 82.0 Å². The first kappa shape index (κ1) is 22.0. The molecule has 1 atom stereocenters. The maximum absolute atomic E-state index is 14.7. The van der Waals surface area contributed by atoms with Gasteiger partial charge in [0.25, 0.3) is 5.91 Å². The zero-order valence-electron chi connectivity index (χ0n) is 17.0. The van der Waals surface area contributed by atoms with E-state index in [1.807, 2.05) is 0 Å². The number of nitrogens with zero attached hydrogens (tertiary/aromatic N) is 1. The van der Waals surface area contributed by atoms with Gasteiger partial charge in [-0.15, -0.1) is 0 Å². The smallest absolute Gasteiger partial charge is 0.311 e. The van der Waals surface area contributed by atoms with Crippen molar-refractivity contribution in [3.63, 3.8) is 0 Å². The van der Waals surface area contributed by atoms with E-state index < -0.39 is 23.6 Å². The minimum absolute atomic E-state index is 0.0852. The van der Waals surface area contributed by atoms with Crippen LogP contribution in [-0.2, 0) is 28.6 Å². The molecule has 166 valence electrons. The molecule has 0 bridgehead atoms. The average Bonchev–Trinajstić information content (AvgIpc) is 3.08. The summed E-state index contributed by atoms with van der Waals surface area (Å²) >= 11 is 5.77. The molecule has 3 amide bonds. The zero-order valence-corrected chi connectivity index (χ0v) is 17.7. The van der Waals surface area contributed by atoms with Crippen molar-refractivity contribution in [1.29, 1.82) is 0 Å². The van der Waals surface area contributed by atoms with Crippen molar-refractivity contribution < 1.29 is 23.2 Å². The van der Waals surface area contributed by atoms with Crippen LogP contribution in [0.4, 0.5) is 8.78 Å². The second kappa shape index (κ2) is 8.35. The number of rotatable bonds is 6. The van der Waals surface area contributed by atoms with E-state index in [4.69, 9.17) is 11.6 Å². The fraction of sp³-hybridized carbons (Fsp3) is 0.261. The molecule has 0 aromatic heterocycles. The molecule has 2 aliphatic rings. The second-order valence-electron chi connectivity index (χ2n) is 7.80. The first-order valence-electron chi connectivity index (χ1n) is 10.0. The predicted octanol–water partition coefficient (Wildman–Crippen LogP) is 3.50. The third kappa shape index (κ3) is 4.10. The van der Waals surface area contributed by atoms with E-state index in [1.54, 1.807) is 18.2 Å². The van der Waals surface area contributed by atoms with Crippen molar-refractivity contribution in [2.24, 2.45) is 0 Å². The van der Waals surface area contributed by atoms with Gasteiger partial charge in [0.2, 0.25) is 11.8 Å². The monoisotopic (exact) mass is 459 g/mol. The second-order valence-corrected chi connectivity index (χ2v) is 8.24. The van der Waals surface area contributed by atoms with Gasteiger partial charge in [-0.3, -0.25) is 19.7 Å². The fourth-order valence-electron chi connectivity index (χ4n) is 3.89. The number of halogens is 3. The topological polar surface area (TPSA) is 78.5 Å². The van der Waals surface area contributed by atoms with Crippen LogP contribution in [0.3, 0.4) is 0 Å². The molecular formula is C23H20ClF2N3O3. The van der Waals surface area contributed by atoms with E-state index in [1.165, 1.54) is 29.2 Å². The third-order valence-corrected chi connectivity index (χ3v) is 5.93. The lowest BCUT2D eigenvalue weighted by atomic mass is 10.0. The number of hydrogen-bond donors (Lipinski definition) is 2. The molecule has 6 nitrogen and oxygen atoms in total. The van der Waals surface area contributed by atoms with E-state index in [0.717, 1.165) is 0 Å². The molecule has 2 aliphatic heterocycles. The highest BCUT2D eigenvalue weighted by Gasteiger charge is 2.39. The summed E-state index contributed by atoms with van der Waals surface area (Å²) in [5, 5.41) is 5.29. The van der Waals surface area contributed by atoms with Crippen LogP contribution in [0.5, 0.6) is 0 Å². The van der Waals surface area contributed by atoms with Gasteiger partial charge in [-0.2, -0.15) is 8.78 Å². The van der Waals surface area contributed by atoms with E-state index >= 15 is 0 Å². The van der Waals surface area contributed by atoms with Crippen LogP contribution < -0.4 is 10.6 Å². The third-order valence-electron chi connectivity index (χ3n) is 5.68. The number of fused-ring (bicyclic) bond motifs is 1. The maximum Gasteiger partial charge on any atom is 0.311 e. The summed E-state index contributed by atoms with van der Waals surface area (Å²) in [5.41, 5.74) is 1.17. The molecule has 2 heterocycles. The Labute approximate surface area is 188 Å². The highest BCUT2D eigenvalue weighted by Crippen LogP contribution is 2.34. The molecule has 1 saturated heterocycles. The van der Waals surface area contributed by atoms with Crippen LogP contribution >= 0.6 is 11.6 Å². The summed E-state index contributed by atoms with van der Waals surface area (Å²) in [5.74, 6) is -4.41. The predicted molar refractivity (Wildman–Crippen MR) is 114 cm³/mol. The van der Waals surface area contributed by atoms with Gasteiger partial charge in [-0.25, -0.2) is 0 Å². The summed E-state index contributed by atoms with van der Waals surface area (Å²) in [4.78, 5) is 37.7. The summed E-state index contributed by atoms with van der Waals surface area (Å²) in [6, 6.07) is 9.63. The van der Waals surface area contributed by atoms with Crippen LogP contribution in [0, 0.1) is 0 Å². The molecule has 2 aromatic carbocycles. The van der Waals surface area contributed by atoms with Gasteiger partial charge in [0.1, 0.15) is 6.04 Å². The Bertz CT molecular complexity index is 1120. The molecule has 4 rings (SSSR count). The number of allylic oxidation sites excluding steroid dienone is 1. The number of imide groups is 1. The minimum Gasteiger partial charge on any atom is -0.380 e. The van der Waals surface area contributed by atoms with Gasteiger partial charge in [0.15, 0.2) is 0 Å². The van der Waals surface area contributed by atoms with Gasteiger partial charge < -0.3 is 10.2 Å². The number of alkyl halides is 2. The molecule has 0 aliphatic carbocycles. The molecule has 1 unspecified atom stereocenters. The zero-order chi connectivity index (χ0) is 23.0. The highest BCUT2D eigenvalue weighted by molar-refractivity contribution is 6.30. The summed E-state index contributed by atoms with van der Waals surface area (Å²) in [7, 11) is 0. The molecule has 0 spiro atoms. The van der Waals surface area contributed by atoms with Crippen LogP contribution in [0.15, 0.2) is 54.7 Å². The van der Waals surface area contributed by atoms with Crippen LogP contribution in [0.25, 0.3) is 0 Å². The van der Waals surface area contributed by atoms with E-state index in [-0.39, 0.29) is 43.3 Å². The van der Waals surface area contributed by atoms with Crippen LogP contribution in [0.2, 0.25) is 5.02 Å². The molecule has 2 N–H and O–H groups in total. The number of benzene rings is 2. The Balaban J connectivity index is 1.43. The standard InChI is InChI=1S/C23H20ClF2N3O3/c1-13(23(25,26)16-3-5-17(24)6-4-16)27-11-14-2-7-18-15(10-14)12-29(22(18)32)19-8-9-20(30)28-21(19)31/h2-7,10,19,27H,1,8-9,11-12H2,(H,28,30,31). The van der Waals surface area contributed by atoms with Crippen molar-refractivity contribution in [3.8, 4) is 0 Å². The SMILES string of the molecule is C=C(NCc1ccc2c(c1)CN(C1CCC(=O)NC1=O)C2=O)C(F)(F)c1ccc(Cl)cc1. The quantitative estimate of drug-likeness (QED) is 0.648. The average molecular weight is 460 g/mol. The lowest BCUT2D eigenvalue weighted by Crippen LogP contribution is -2.52. The lowest BCUT2D eigenvalue weighted by Gasteiger charge is -2.29.